The normalized spacial score (nSPS) is 10.9. The zero-order chi connectivity index (χ0) is 23.5. The van der Waals surface area contributed by atoms with E-state index in [1.165, 1.54) is 11.8 Å². The van der Waals surface area contributed by atoms with Crippen LogP contribution >= 0.6 is 11.8 Å². The first kappa shape index (κ1) is 22.5. The molecule has 0 atom stereocenters. The second kappa shape index (κ2) is 9.41. The predicted molar refractivity (Wildman–Crippen MR) is 130 cm³/mol. The van der Waals surface area contributed by atoms with E-state index in [0.717, 1.165) is 17.0 Å². The Hall–Kier alpha value is -3.72. The number of rotatable bonds is 6. The summed E-state index contributed by atoms with van der Waals surface area (Å²) < 4.78 is 1.67. The lowest BCUT2D eigenvalue weighted by molar-refractivity contribution is -0.115. The average Bonchev–Trinajstić information content (AvgIpc) is 3.22. The van der Waals surface area contributed by atoms with Gasteiger partial charge in [0.25, 0.3) is 11.7 Å². The van der Waals surface area contributed by atoms with Crippen molar-refractivity contribution < 1.29 is 9.59 Å². The first-order valence-corrected chi connectivity index (χ1v) is 11.6. The maximum atomic E-state index is 12.9. The molecule has 0 saturated heterocycles. The lowest BCUT2D eigenvalue weighted by Gasteiger charge is -2.14. The maximum Gasteiger partial charge on any atom is 0.256 e. The van der Waals surface area contributed by atoms with Crippen LogP contribution in [-0.2, 0) is 11.2 Å². The zero-order valence-electron chi connectivity index (χ0n) is 18.8. The minimum Gasteiger partial charge on any atom is -0.326 e. The monoisotopic (exact) mass is 460 g/mol. The van der Waals surface area contributed by atoms with Gasteiger partial charge in [-0.2, -0.15) is 4.98 Å². The smallest absolute Gasteiger partial charge is 0.256 e. The molecule has 2 amide bonds. The Balaban J connectivity index is 1.53. The number of hydrogen-bond acceptors (Lipinski definition) is 6. The highest BCUT2D eigenvalue weighted by Gasteiger charge is 2.18. The predicted octanol–water partition coefficient (Wildman–Crippen LogP) is 4.20. The van der Waals surface area contributed by atoms with Gasteiger partial charge in [-0.15, -0.1) is 5.10 Å². The van der Waals surface area contributed by atoms with Gasteiger partial charge in [0, 0.05) is 33.9 Å². The number of thioether (sulfide) groups is 1. The highest BCUT2D eigenvalue weighted by atomic mass is 32.2. The van der Waals surface area contributed by atoms with Crippen molar-refractivity contribution in [3.63, 3.8) is 0 Å². The van der Waals surface area contributed by atoms with E-state index in [2.05, 4.69) is 25.7 Å². The van der Waals surface area contributed by atoms with Crippen molar-refractivity contribution >= 4 is 40.7 Å². The highest BCUT2D eigenvalue weighted by Crippen LogP contribution is 2.22. The third-order valence-electron chi connectivity index (χ3n) is 5.43. The van der Waals surface area contributed by atoms with Crippen molar-refractivity contribution in [2.45, 2.75) is 32.3 Å². The van der Waals surface area contributed by atoms with E-state index in [4.69, 9.17) is 0 Å². The summed E-state index contributed by atoms with van der Waals surface area (Å²) in [6, 6.07) is 14.5. The standard InChI is InChI=1S/C24H24N6O2S/c1-14-18(22(32)26-17-9-6-5-7-10-17)11-8-12-20(14)27-21(31)13-19-15(2)25-23-28-24(33-4)29-30(23)16(19)3/h5-12H,13H2,1-4H3,(H,26,32)(H,27,31). The number of nitrogens with one attached hydrogen (secondary N) is 2. The average molecular weight is 461 g/mol. The van der Waals surface area contributed by atoms with Crippen molar-refractivity contribution in [1.82, 2.24) is 19.6 Å². The van der Waals surface area contributed by atoms with E-state index in [1.807, 2.05) is 57.4 Å². The number of hydrogen-bond donors (Lipinski definition) is 2. The van der Waals surface area contributed by atoms with Crippen molar-refractivity contribution in [2.75, 3.05) is 16.9 Å². The van der Waals surface area contributed by atoms with Gasteiger partial charge in [-0.3, -0.25) is 9.59 Å². The van der Waals surface area contributed by atoms with Gasteiger partial charge < -0.3 is 10.6 Å². The zero-order valence-corrected chi connectivity index (χ0v) is 19.7. The highest BCUT2D eigenvalue weighted by molar-refractivity contribution is 7.98. The summed E-state index contributed by atoms with van der Waals surface area (Å²) in [7, 11) is 0. The Morgan fingerprint density at radius 2 is 1.73 bits per heavy atom. The van der Waals surface area contributed by atoms with Crippen LogP contribution in [0.5, 0.6) is 0 Å². The molecule has 0 saturated carbocycles. The Labute approximate surface area is 195 Å². The summed E-state index contributed by atoms with van der Waals surface area (Å²) in [5, 5.41) is 10.9. The Morgan fingerprint density at radius 1 is 0.970 bits per heavy atom. The van der Waals surface area contributed by atoms with Gasteiger partial charge >= 0.3 is 0 Å². The minimum atomic E-state index is -0.230. The number of anilines is 2. The minimum absolute atomic E-state index is 0.134. The van der Waals surface area contributed by atoms with E-state index >= 15 is 0 Å². The van der Waals surface area contributed by atoms with Gasteiger partial charge in [0.2, 0.25) is 11.1 Å². The molecule has 9 heteroatoms. The van der Waals surface area contributed by atoms with Crippen LogP contribution in [0.15, 0.2) is 53.7 Å². The van der Waals surface area contributed by atoms with Crippen molar-refractivity contribution in [3.05, 3.63) is 76.6 Å². The fourth-order valence-electron chi connectivity index (χ4n) is 3.62. The van der Waals surface area contributed by atoms with Crippen LogP contribution in [0.2, 0.25) is 0 Å². The molecule has 8 nitrogen and oxygen atoms in total. The lowest BCUT2D eigenvalue weighted by Crippen LogP contribution is -2.19. The molecule has 2 N–H and O–H groups in total. The van der Waals surface area contributed by atoms with E-state index in [0.29, 0.717) is 33.4 Å². The molecule has 0 spiro atoms. The molecule has 33 heavy (non-hydrogen) atoms. The Bertz CT molecular complexity index is 1350. The summed E-state index contributed by atoms with van der Waals surface area (Å²) in [6.07, 6.45) is 2.04. The summed E-state index contributed by atoms with van der Waals surface area (Å²) >= 11 is 1.44. The Kier molecular flexibility index (Phi) is 6.41. The molecule has 2 aromatic carbocycles. The summed E-state index contributed by atoms with van der Waals surface area (Å²) in [5.74, 6) is 0.0923. The quantitative estimate of drug-likeness (QED) is 0.418. The van der Waals surface area contributed by atoms with Gasteiger partial charge in [-0.1, -0.05) is 36.0 Å². The van der Waals surface area contributed by atoms with E-state index in [1.54, 1.807) is 22.7 Å². The van der Waals surface area contributed by atoms with Gasteiger partial charge in [0.05, 0.1) is 6.42 Å². The molecule has 4 aromatic rings. The van der Waals surface area contributed by atoms with Crippen molar-refractivity contribution in [3.8, 4) is 0 Å². The molecule has 0 aliphatic rings. The molecule has 4 rings (SSSR count). The number of aromatic nitrogens is 4. The summed E-state index contributed by atoms with van der Waals surface area (Å²) in [5.41, 5.74) is 4.86. The summed E-state index contributed by atoms with van der Waals surface area (Å²) in [4.78, 5) is 34.6. The fraction of sp³-hybridized carbons (Fsp3) is 0.208. The van der Waals surface area contributed by atoms with Crippen LogP contribution in [0, 0.1) is 20.8 Å². The number of para-hydroxylation sites is 1. The largest absolute Gasteiger partial charge is 0.326 e. The number of nitrogens with zero attached hydrogens (tertiary/aromatic N) is 4. The first-order chi connectivity index (χ1) is 15.9. The number of carbonyl (C=O) groups excluding carboxylic acids is 2. The fourth-order valence-corrected chi connectivity index (χ4v) is 3.96. The molecule has 0 unspecified atom stereocenters. The topological polar surface area (TPSA) is 101 Å². The molecule has 0 aliphatic heterocycles. The molecular weight excluding hydrogens is 436 g/mol. The second-order valence-corrected chi connectivity index (χ2v) is 8.37. The molecule has 0 aliphatic carbocycles. The molecule has 0 radical (unpaired) electrons. The van der Waals surface area contributed by atoms with Crippen LogP contribution in [0.1, 0.15) is 32.9 Å². The van der Waals surface area contributed by atoms with Crippen LogP contribution in [0.4, 0.5) is 11.4 Å². The number of aryl methyl sites for hydroxylation is 2. The molecule has 168 valence electrons. The van der Waals surface area contributed by atoms with Crippen molar-refractivity contribution in [2.24, 2.45) is 0 Å². The number of benzene rings is 2. The molecule has 0 fully saturated rings. The molecule has 0 bridgehead atoms. The third kappa shape index (κ3) is 4.73. The first-order valence-electron chi connectivity index (χ1n) is 10.4. The van der Waals surface area contributed by atoms with Gasteiger partial charge in [0.15, 0.2) is 0 Å². The van der Waals surface area contributed by atoms with Gasteiger partial charge in [0.1, 0.15) is 0 Å². The summed E-state index contributed by atoms with van der Waals surface area (Å²) in [6.45, 7) is 5.59. The third-order valence-corrected chi connectivity index (χ3v) is 5.97. The maximum absolute atomic E-state index is 12.9. The molecule has 2 aromatic heterocycles. The van der Waals surface area contributed by atoms with Crippen LogP contribution in [0.3, 0.4) is 0 Å². The van der Waals surface area contributed by atoms with Gasteiger partial charge in [-0.05, 0) is 56.9 Å². The second-order valence-electron chi connectivity index (χ2n) is 7.59. The Morgan fingerprint density at radius 3 is 2.45 bits per heavy atom. The van der Waals surface area contributed by atoms with E-state index in [-0.39, 0.29) is 18.2 Å². The number of carbonyl (C=O) groups is 2. The lowest BCUT2D eigenvalue weighted by atomic mass is 10.0. The van der Waals surface area contributed by atoms with E-state index in [9.17, 15) is 9.59 Å². The van der Waals surface area contributed by atoms with Gasteiger partial charge in [-0.25, -0.2) is 9.50 Å². The van der Waals surface area contributed by atoms with Crippen LogP contribution < -0.4 is 10.6 Å². The molecular formula is C24H24N6O2S. The number of amides is 2. The van der Waals surface area contributed by atoms with Crippen molar-refractivity contribution in [1.29, 1.82) is 0 Å². The number of fused-ring (bicyclic) bond motifs is 1. The molecule has 2 heterocycles. The SMILES string of the molecule is CSc1nc2nc(C)c(CC(=O)Nc3cccc(C(=O)Nc4ccccc4)c3C)c(C)n2n1. The van der Waals surface area contributed by atoms with E-state index < -0.39 is 0 Å². The van der Waals surface area contributed by atoms with Crippen LogP contribution in [-0.4, -0.2) is 37.7 Å². The van der Waals surface area contributed by atoms with Crippen LogP contribution in [0.25, 0.3) is 5.78 Å².